The van der Waals surface area contributed by atoms with E-state index in [0.29, 0.717) is 6.42 Å². The summed E-state index contributed by atoms with van der Waals surface area (Å²) in [7, 11) is 0. The van der Waals surface area contributed by atoms with Gasteiger partial charge in [-0.2, -0.15) is 0 Å². The maximum atomic E-state index is 11.8. The monoisotopic (exact) mass is 304 g/mol. The van der Waals surface area contributed by atoms with Crippen LogP contribution in [0.25, 0.3) is 22.2 Å². The minimum atomic E-state index is -0.447. The van der Waals surface area contributed by atoms with Gasteiger partial charge in [0.05, 0.1) is 17.1 Å². The van der Waals surface area contributed by atoms with Crippen LogP contribution in [0.2, 0.25) is 0 Å². The van der Waals surface area contributed by atoms with Gasteiger partial charge in [-0.05, 0) is 54.3 Å². The summed E-state index contributed by atoms with van der Waals surface area (Å²) in [6.07, 6.45) is 5.05. The van der Waals surface area contributed by atoms with E-state index in [4.69, 9.17) is 5.73 Å². The van der Waals surface area contributed by atoms with E-state index < -0.39 is 6.04 Å². The lowest BCUT2D eigenvalue weighted by atomic mass is 10.00. The molecule has 0 aliphatic carbocycles. The molecule has 5 heteroatoms. The maximum absolute atomic E-state index is 11.8. The van der Waals surface area contributed by atoms with Crippen molar-refractivity contribution in [2.75, 3.05) is 5.32 Å². The van der Waals surface area contributed by atoms with Crippen molar-refractivity contribution in [3.63, 3.8) is 0 Å². The quantitative estimate of drug-likeness (QED) is 0.724. The van der Waals surface area contributed by atoms with E-state index in [1.165, 1.54) is 0 Å². The van der Waals surface area contributed by atoms with Crippen molar-refractivity contribution >= 4 is 22.6 Å². The minimum Gasteiger partial charge on any atom is -0.324 e. The Bertz CT molecular complexity index is 906. The minimum absolute atomic E-state index is 0.118. The Morgan fingerprint density at radius 3 is 2.91 bits per heavy atom. The molecule has 1 aliphatic rings. The second-order valence-electron chi connectivity index (χ2n) is 5.77. The van der Waals surface area contributed by atoms with Crippen molar-refractivity contribution in [2.45, 2.75) is 18.9 Å². The van der Waals surface area contributed by atoms with E-state index in [0.717, 1.165) is 39.8 Å². The number of nitrogens with one attached hydrogen (secondary N) is 1. The second-order valence-corrected chi connectivity index (χ2v) is 5.77. The van der Waals surface area contributed by atoms with Crippen LogP contribution < -0.4 is 11.1 Å². The fraction of sp³-hybridized carbons (Fsp3) is 0.167. The molecule has 3 heterocycles. The Kier molecular flexibility index (Phi) is 3.28. The van der Waals surface area contributed by atoms with Gasteiger partial charge in [0.15, 0.2) is 0 Å². The van der Waals surface area contributed by atoms with Gasteiger partial charge in [0.25, 0.3) is 0 Å². The number of rotatable bonds is 1. The zero-order chi connectivity index (χ0) is 15.8. The smallest absolute Gasteiger partial charge is 0.241 e. The van der Waals surface area contributed by atoms with Gasteiger partial charge in [0, 0.05) is 23.6 Å². The molecule has 0 bridgehead atoms. The summed E-state index contributed by atoms with van der Waals surface area (Å²) in [5.41, 5.74) is 11.6. The molecule has 1 aromatic carbocycles. The molecule has 3 N–H and O–H groups in total. The molecule has 1 aliphatic heterocycles. The summed E-state index contributed by atoms with van der Waals surface area (Å²) in [5.74, 6) is -0.118. The average Bonchev–Trinajstić information content (AvgIpc) is 2.73. The van der Waals surface area contributed by atoms with Crippen molar-refractivity contribution < 1.29 is 4.79 Å². The SMILES string of the molecule is NC1CCc2cc(-c3cnc4cccnc4c3)ccc2NC1=O. The van der Waals surface area contributed by atoms with Crippen LogP contribution in [0.15, 0.2) is 48.8 Å². The van der Waals surface area contributed by atoms with Crippen molar-refractivity contribution in [1.82, 2.24) is 9.97 Å². The first-order chi connectivity index (χ1) is 11.2. The van der Waals surface area contributed by atoms with Gasteiger partial charge in [-0.15, -0.1) is 0 Å². The topological polar surface area (TPSA) is 80.9 Å². The highest BCUT2D eigenvalue weighted by molar-refractivity contribution is 5.96. The van der Waals surface area contributed by atoms with E-state index in [-0.39, 0.29) is 5.91 Å². The lowest BCUT2D eigenvalue weighted by molar-refractivity contribution is -0.117. The highest BCUT2D eigenvalue weighted by Gasteiger charge is 2.20. The number of carbonyl (C=O) groups is 1. The number of anilines is 1. The number of pyridine rings is 2. The Morgan fingerprint density at radius 2 is 2.00 bits per heavy atom. The Hall–Kier alpha value is -2.79. The summed E-state index contributed by atoms with van der Waals surface area (Å²) < 4.78 is 0. The first-order valence-electron chi connectivity index (χ1n) is 7.61. The van der Waals surface area contributed by atoms with Gasteiger partial charge in [-0.1, -0.05) is 6.07 Å². The van der Waals surface area contributed by atoms with Crippen molar-refractivity contribution in [1.29, 1.82) is 0 Å². The fourth-order valence-electron chi connectivity index (χ4n) is 2.88. The Balaban J connectivity index is 1.76. The molecule has 0 radical (unpaired) electrons. The van der Waals surface area contributed by atoms with Crippen LogP contribution >= 0.6 is 0 Å². The highest BCUT2D eigenvalue weighted by Crippen LogP contribution is 2.29. The summed E-state index contributed by atoms with van der Waals surface area (Å²) in [6, 6.07) is 11.4. The van der Waals surface area contributed by atoms with Gasteiger partial charge in [-0.25, -0.2) is 0 Å². The lowest BCUT2D eigenvalue weighted by Crippen LogP contribution is -2.34. The van der Waals surface area contributed by atoms with Crippen LogP contribution in [0.4, 0.5) is 5.69 Å². The fourth-order valence-corrected chi connectivity index (χ4v) is 2.88. The number of hydrogen-bond donors (Lipinski definition) is 2. The van der Waals surface area contributed by atoms with E-state index in [1.807, 2.05) is 36.5 Å². The predicted molar refractivity (Wildman–Crippen MR) is 89.9 cm³/mol. The third kappa shape index (κ3) is 2.55. The third-order valence-electron chi connectivity index (χ3n) is 4.21. The zero-order valence-electron chi connectivity index (χ0n) is 12.5. The van der Waals surface area contributed by atoms with Crippen LogP contribution in [-0.2, 0) is 11.2 Å². The second kappa shape index (κ2) is 5.44. The third-order valence-corrected chi connectivity index (χ3v) is 4.21. The molecule has 0 fully saturated rings. The number of fused-ring (bicyclic) bond motifs is 2. The molecular formula is C18H16N4O. The van der Waals surface area contributed by atoms with Gasteiger partial charge in [-0.3, -0.25) is 14.8 Å². The van der Waals surface area contributed by atoms with Crippen LogP contribution in [0.1, 0.15) is 12.0 Å². The summed E-state index contributed by atoms with van der Waals surface area (Å²) >= 11 is 0. The van der Waals surface area contributed by atoms with Crippen LogP contribution in [0.5, 0.6) is 0 Å². The van der Waals surface area contributed by atoms with Gasteiger partial charge in [0.1, 0.15) is 0 Å². The Morgan fingerprint density at radius 1 is 1.09 bits per heavy atom. The zero-order valence-corrected chi connectivity index (χ0v) is 12.5. The number of aromatic nitrogens is 2. The summed E-state index contributed by atoms with van der Waals surface area (Å²) in [6.45, 7) is 0. The maximum Gasteiger partial charge on any atom is 0.241 e. The molecule has 0 saturated heterocycles. The number of aryl methyl sites for hydroxylation is 1. The average molecular weight is 304 g/mol. The molecule has 0 spiro atoms. The van der Waals surface area contributed by atoms with Crippen LogP contribution in [0.3, 0.4) is 0 Å². The molecular weight excluding hydrogens is 288 g/mol. The Labute approximate surface area is 133 Å². The van der Waals surface area contributed by atoms with E-state index >= 15 is 0 Å². The van der Waals surface area contributed by atoms with E-state index in [1.54, 1.807) is 6.20 Å². The van der Waals surface area contributed by atoms with Crippen molar-refractivity contribution in [3.8, 4) is 11.1 Å². The number of nitrogens with two attached hydrogens (primary N) is 1. The van der Waals surface area contributed by atoms with E-state index in [2.05, 4.69) is 21.4 Å². The van der Waals surface area contributed by atoms with Gasteiger partial charge < -0.3 is 11.1 Å². The number of hydrogen-bond acceptors (Lipinski definition) is 4. The highest BCUT2D eigenvalue weighted by atomic mass is 16.2. The molecule has 5 nitrogen and oxygen atoms in total. The van der Waals surface area contributed by atoms with Crippen LogP contribution in [0, 0.1) is 0 Å². The molecule has 23 heavy (non-hydrogen) atoms. The standard InChI is InChI=1S/C18H16N4O/c19-14-5-3-12-8-11(4-6-15(12)22-18(14)23)13-9-17-16(21-10-13)2-1-7-20-17/h1-2,4,6-10,14H,3,5,19H2,(H,22,23). The summed E-state index contributed by atoms with van der Waals surface area (Å²) in [5, 5.41) is 2.89. The molecule has 4 rings (SSSR count). The predicted octanol–water partition coefficient (Wildman–Crippen LogP) is 2.51. The molecule has 1 atom stereocenters. The molecule has 114 valence electrons. The molecule has 1 amide bonds. The molecule has 3 aromatic rings. The largest absolute Gasteiger partial charge is 0.324 e. The van der Waals surface area contributed by atoms with Crippen molar-refractivity contribution in [2.24, 2.45) is 5.73 Å². The van der Waals surface area contributed by atoms with Crippen LogP contribution in [-0.4, -0.2) is 21.9 Å². The molecule has 0 saturated carbocycles. The number of amides is 1. The first-order valence-corrected chi connectivity index (χ1v) is 7.61. The first kappa shape index (κ1) is 13.8. The van der Waals surface area contributed by atoms with Gasteiger partial charge in [0.2, 0.25) is 5.91 Å². The van der Waals surface area contributed by atoms with E-state index in [9.17, 15) is 4.79 Å². The number of carbonyl (C=O) groups excluding carboxylic acids is 1. The van der Waals surface area contributed by atoms with Gasteiger partial charge >= 0.3 is 0 Å². The number of nitrogens with zero attached hydrogens (tertiary/aromatic N) is 2. The normalized spacial score (nSPS) is 17.4. The number of benzene rings is 1. The molecule has 1 unspecified atom stereocenters. The van der Waals surface area contributed by atoms with Crippen molar-refractivity contribution in [3.05, 3.63) is 54.4 Å². The molecule has 2 aromatic heterocycles. The summed E-state index contributed by atoms with van der Waals surface area (Å²) in [4.78, 5) is 20.6. The lowest BCUT2D eigenvalue weighted by Gasteiger charge is -2.10.